The number of aliphatic hydroxyl groups is 1. The van der Waals surface area contributed by atoms with Gasteiger partial charge in [-0.15, -0.1) is 0 Å². The molecule has 3 heterocycles. The summed E-state index contributed by atoms with van der Waals surface area (Å²) >= 11 is 0. The standard InChI is InChI=1S/C25H38N2O3/c1-4-5-6-7-8-9-20-21-14-18(2)16-27(21)17-22(26(20)3)25(28)19-10-11-23-24(15-19)30-13-12-29-23/h10-11,15,18,22,25,28H,4-9,12-14,16-17H2,1-3H3/t18-,22-,25-/m1/s1. The maximum Gasteiger partial charge on any atom is 0.161 e. The van der Waals surface area contributed by atoms with Crippen LogP contribution < -0.4 is 9.47 Å². The summed E-state index contributed by atoms with van der Waals surface area (Å²) in [5, 5.41) is 11.4. The smallest absolute Gasteiger partial charge is 0.161 e. The maximum absolute atomic E-state index is 11.4. The van der Waals surface area contributed by atoms with E-state index in [1.807, 2.05) is 18.2 Å². The number of allylic oxidation sites excluding steroid dienone is 2. The van der Waals surface area contributed by atoms with E-state index in [0.29, 0.717) is 19.1 Å². The predicted molar refractivity (Wildman–Crippen MR) is 120 cm³/mol. The van der Waals surface area contributed by atoms with Crippen LogP contribution in [0.1, 0.15) is 70.5 Å². The average Bonchev–Trinajstić information content (AvgIpc) is 3.13. The van der Waals surface area contributed by atoms with Gasteiger partial charge in [0.25, 0.3) is 0 Å². The molecular formula is C25H38N2O3. The van der Waals surface area contributed by atoms with E-state index in [4.69, 9.17) is 9.47 Å². The van der Waals surface area contributed by atoms with Crippen LogP contribution in [0.5, 0.6) is 11.5 Å². The number of rotatable bonds is 8. The fourth-order valence-corrected chi connectivity index (χ4v) is 5.24. The molecule has 1 N–H and O–H groups in total. The van der Waals surface area contributed by atoms with Crippen molar-refractivity contribution in [1.29, 1.82) is 0 Å². The lowest BCUT2D eigenvalue weighted by atomic mass is 9.95. The van der Waals surface area contributed by atoms with Gasteiger partial charge in [-0.05, 0) is 42.9 Å². The number of benzene rings is 1. The molecule has 0 aromatic heterocycles. The van der Waals surface area contributed by atoms with Gasteiger partial charge in [-0.25, -0.2) is 0 Å². The molecule has 1 aromatic carbocycles. The van der Waals surface area contributed by atoms with Gasteiger partial charge in [-0.3, -0.25) is 0 Å². The summed E-state index contributed by atoms with van der Waals surface area (Å²) in [5.74, 6) is 2.21. The number of nitrogens with zero attached hydrogens (tertiary/aromatic N) is 2. The van der Waals surface area contributed by atoms with Crippen molar-refractivity contribution in [2.45, 2.75) is 70.9 Å². The van der Waals surface area contributed by atoms with Crippen LogP contribution in [0.25, 0.3) is 0 Å². The van der Waals surface area contributed by atoms with Crippen molar-refractivity contribution in [3.05, 3.63) is 35.2 Å². The molecule has 0 bridgehead atoms. The maximum atomic E-state index is 11.4. The Kier molecular flexibility index (Phi) is 6.77. The summed E-state index contributed by atoms with van der Waals surface area (Å²) in [6, 6.07) is 5.93. The molecule has 1 saturated heterocycles. The molecule has 0 spiro atoms. The van der Waals surface area contributed by atoms with E-state index in [2.05, 4.69) is 30.7 Å². The molecular weight excluding hydrogens is 376 g/mol. The first-order valence-electron chi connectivity index (χ1n) is 11.9. The van der Waals surface area contributed by atoms with E-state index in [0.717, 1.165) is 36.6 Å². The van der Waals surface area contributed by atoms with Crippen LogP contribution >= 0.6 is 0 Å². The van der Waals surface area contributed by atoms with Gasteiger partial charge >= 0.3 is 0 Å². The van der Waals surface area contributed by atoms with E-state index in [1.54, 1.807) is 0 Å². The number of unbranched alkanes of at least 4 members (excludes halogenated alkanes) is 4. The topological polar surface area (TPSA) is 45.2 Å². The van der Waals surface area contributed by atoms with Crippen LogP contribution in [-0.4, -0.2) is 54.3 Å². The number of ether oxygens (including phenoxy) is 2. The van der Waals surface area contributed by atoms with Crippen molar-refractivity contribution in [3.8, 4) is 11.5 Å². The second kappa shape index (κ2) is 9.51. The Hall–Kier alpha value is -1.88. The first-order chi connectivity index (χ1) is 14.6. The molecule has 5 heteroatoms. The van der Waals surface area contributed by atoms with Gasteiger partial charge < -0.3 is 24.4 Å². The van der Waals surface area contributed by atoms with Gasteiger partial charge in [0.05, 0.1) is 6.04 Å². The molecule has 0 radical (unpaired) electrons. The number of fused-ring (bicyclic) bond motifs is 2. The minimum absolute atomic E-state index is 0.0484. The van der Waals surface area contributed by atoms with Crippen LogP contribution in [0.15, 0.2) is 29.6 Å². The summed E-state index contributed by atoms with van der Waals surface area (Å²) in [5.41, 5.74) is 3.88. The van der Waals surface area contributed by atoms with Crippen molar-refractivity contribution in [2.75, 3.05) is 33.4 Å². The average molecular weight is 415 g/mol. The van der Waals surface area contributed by atoms with Crippen LogP contribution in [0.2, 0.25) is 0 Å². The summed E-state index contributed by atoms with van der Waals surface area (Å²) in [4.78, 5) is 4.92. The van der Waals surface area contributed by atoms with E-state index >= 15 is 0 Å². The molecule has 3 aliphatic heterocycles. The number of aliphatic hydroxyl groups excluding tert-OH is 1. The first-order valence-corrected chi connectivity index (χ1v) is 11.9. The quantitative estimate of drug-likeness (QED) is 0.624. The number of hydrogen-bond acceptors (Lipinski definition) is 5. The minimum Gasteiger partial charge on any atom is -0.486 e. The van der Waals surface area contributed by atoms with Crippen LogP contribution in [0.4, 0.5) is 0 Å². The third-order valence-corrected chi connectivity index (χ3v) is 6.91. The van der Waals surface area contributed by atoms with Crippen LogP contribution in [0.3, 0.4) is 0 Å². The zero-order valence-corrected chi connectivity index (χ0v) is 18.9. The fourth-order valence-electron chi connectivity index (χ4n) is 5.24. The van der Waals surface area contributed by atoms with Crippen molar-refractivity contribution >= 4 is 0 Å². The lowest BCUT2D eigenvalue weighted by molar-refractivity contribution is 0.0456. The van der Waals surface area contributed by atoms with Gasteiger partial charge in [-0.2, -0.15) is 0 Å². The summed E-state index contributed by atoms with van der Waals surface area (Å²) in [6.07, 6.45) is 8.19. The Balaban J connectivity index is 1.51. The fraction of sp³-hybridized carbons (Fsp3) is 0.680. The molecule has 3 atom stereocenters. The SMILES string of the molecule is CCCCCCCC1=C2C[C@@H](C)CN2C[C@H]([C@H](O)c2ccc3c(c2)OCCO3)N1C. The van der Waals surface area contributed by atoms with Gasteiger partial charge in [0.15, 0.2) is 11.5 Å². The molecule has 0 aliphatic carbocycles. The normalized spacial score (nSPS) is 24.3. The molecule has 30 heavy (non-hydrogen) atoms. The van der Waals surface area contributed by atoms with Gasteiger partial charge in [0.1, 0.15) is 19.3 Å². The zero-order chi connectivity index (χ0) is 21.1. The largest absolute Gasteiger partial charge is 0.486 e. The molecule has 5 nitrogen and oxygen atoms in total. The molecule has 3 aliphatic rings. The van der Waals surface area contributed by atoms with Crippen molar-refractivity contribution in [3.63, 3.8) is 0 Å². The zero-order valence-electron chi connectivity index (χ0n) is 18.9. The van der Waals surface area contributed by atoms with E-state index < -0.39 is 6.10 Å². The third kappa shape index (κ3) is 4.41. The summed E-state index contributed by atoms with van der Waals surface area (Å²) in [6.45, 7) is 7.74. The molecule has 4 rings (SSSR count). The highest BCUT2D eigenvalue weighted by atomic mass is 16.6. The van der Waals surface area contributed by atoms with Crippen molar-refractivity contribution < 1.29 is 14.6 Å². The van der Waals surface area contributed by atoms with Gasteiger partial charge in [0.2, 0.25) is 0 Å². The molecule has 1 aromatic rings. The van der Waals surface area contributed by atoms with Crippen LogP contribution in [0, 0.1) is 5.92 Å². The monoisotopic (exact) mass is 414 g/mol. The van der Waals surface area contributed by atoms with Crippen molar-refractivity contribution in [1.82, 2.24) is 9.80 Å². The molecule has 0 unspecified atom stereocenters. The highest BCUT2D eigenvalue weighted by Gasteiger charge is 2.38. The second-order valence-electron chi connectivity index (χ2n) is 9.30. The third-order valence-electron chi connectivity index (χ3n) is 6.91. The Morgan fingerprint density at radius 3 is 2.63 bits per heavy atom. The summed E-state index contributed by atoms with van der Waals surface area (Å²) < 4.78 is 11.4. The molecule has 0 saturated carbocycles. The lowest BCUT2D eigenvalue weighted by Crippen LogP contribution is -2.49. The van der Waals surface area contributed by atoms with E-state index in [-0.39, 0.29) is 6.04 Å². The highest BCUT2D eigenvalue weighted by molar-refractivity contribution is 5.45. The van der Waals surface area contributed by atoms with Gasteiger partial charge in [-0.1, -0.05) is 45.6 Å². The van der Waals surface area contributed by atoms with Gasteiger partial charge in [0, 0.05) is 31.5 Å². The molecule has 1 fully saturated rings. The Morgan fingerprint density at radius 2 is 1.83 bits per heavy atom. The van der Waals surface area contributed by atoms with Crippen LogP contribution in [-0.2, 0) is 0 Å². The number of hydrogen-bond donors (Lipinski definition) is 1. The predicted octanol–water partition coefficient (Wildman–Crippen LogP) is 4.72. The minimum atomic E-state index is -0.557. The van der Waals surface area contributed by atoms with E-state index in [9.17, 15) is 5.11 Å². The molecule has 166 valence electrons. The first kappa shape index (κ1) is 21.4. The lowest BCUT2D eigenvalue weighted by Gasteiger charge is -2.44. The van der Waals surface area contributed by atoms with E-state index in [1.165, 1.54) is 49.9 Å². The number of likely N-dealkylation sites (N-methyl/N-ethyl adjacent to an activating group) is 1. The Labute approximate surface area is 181 Å². The second-order valence-corrected chi connectivity index (χ2v) is 9.30. The highest BCUT2D eigenvalue weighted by Crippen LogP contribution is 2.40. The van der Waals surface area contributed by atoms with Crippen molar-refractivity contribution in [2.24, 2.45) is 5.92 Å². The molecule has 0 amide bonds. The summed E-state index contributed by atoms with van der Waals surface area (Å²) in [7, 11) is 2.18. The Morgan fingerprint density at radius 1 is 1.07 bits per heavy atom. The Bertz CT molecular complexity index is 763.